The Morgan fingerprint density at radius 2 is 0.856 bits per heavy atom. The van der Waals surface area contributed by atoms with Crippen molar-refractivity contribution in [3.05, 3.63) is 233 Å². The fourth-order valence-electron chi connectivity index (χ4n) is 15.4. The molecule has 4 amide bonds. The molecule has 17 atom stereocenters. The minimum Gasteiger partial charge on any atom is -0.453 e. The predicted molar refractivity (Wildman–Crippen MR) is 548 cm³/mol. The first kappa shape index (κ1) is 110. The molecule has 17 rings (SSSR count). The number of carbonyl (C=O) groups is 7. The van der Waals surface area contributed by atoms with Crippen molar-refractivity contribution in [2.45, 2.75) is 234 Å². The molecule has 4 aliphatic heterocycles. The van der Waals surface area contributed by atoms with Crippen molar-refractivity contribution in [2.75, 3.05) is 34.5 Å². The van der Waals surface area contributed by atoms with Gasteiger partial charge in [0.2, 0.25) is 23.7 Å². The number of aliphatic hydroxyl groups is 1. The lowest BCUT2D eigenvalue weighted by Crippen LogP contribution is -2.49. The predicted octanol–water partition coefficient (Wildman–Crippen LogP) is 15.7. The molecular formula is C97H118F2N21O21PS2Si2. The molecular weight excluding hydrogens is 1980 g/mol. The maximum atomic E-state index is 17.0. The van der Waals surface area contributed by atoms with Gasteiger partial charge < -0.3 is 67.3 Å². The fourth-order valence-corrected chi connectivity index (χ4v) is 22.2. The lowest BCUT2D eigenvalue weighted by Gasteiger charge is -2.41. The normalized spacial score (nSPS) is 22.1. The van der Waals surface area contributed by atoms with Crippen molar-refractivity contribution >= 4 is 159 Å². The number of hydrogen-bond acceptors (Lipinski definition) is 33. The first-order valence-corrected chi connectivity index (χ1v) is 55.5. The number of nitrogens with zero attached hydrogens (tertiary/aromatic N) is 15. The Bertz CT molecular complexity index is 6810. The average Bonchev–Trinajstić information content (AvgIpc) is 1.59. The number of alkyl halides is 2. The second kappa shape index (κ2) is 47.7. The number of pyridine rings is 1. The van der Waals surface area contributed by atoms with E-state index < -0.39 is 170 Å². The molecule has 0 radical (unpaired) electrons. The highest BCUT2D eigenvalue weighted by Gasteiger charge is 2.56. The van der Waals surface area contributed by atoms with Gasteiger partial charge in [-0.2, -0.15) is 9.97 Å². The third-order valence-corrected chi connectivity index (χ3v) is 38.4. The molecule has 0 bridgehead atoms. The van der Waals surface area contributed by atoms with Crippen LogP contribution >= 0.6 is 32.1 Å². The van der Waals surface area contributed by atoms with Crippen LogP contribution in [0.3, 0.4) is 0 Å². The van der Waals surface area contributed by atoms with Crippen molar-refractivity contribution in [1.82, 2.24) is 83.1 Å². The molecule has 13 aromatic rings. The quantitative estimate of drug-likeness (QED) is 0.00910. The zero-order valence-corrected chi connectivity index (χ0v) is 86.6. The van der Waals surface area contributed by atoms with Crippen molar-refractivity contribution in [1.29, 1.82) is 0 Å². The first-order chi connectivity index (χ1) is 69.1. The molecule has 1 unspecified atom stereocenters. The van der Waals surface area contributed by atoms with Crippen LogP contribution in [0.1, 0.15) is 168 Å². The highest BCUT2D eigenvalue weighted by atomic mass is 32.2. The summed E-state index contributed by atoms with van der Waals surface area (Å²) in [5.41, 5.74) is 1.33. The highest BCUT2D eigenvalue weighted by Crippen LogP contribution is 2.55. The molecule has 4 aliphatic rings. The van der Waals surface area contributed by atoms with Crippen molar-refractivity contribution < 1.29 is 99.0 Å². The van der Waals surface area contributed by atoms with Crippen molar-refractivity contribution in [3.8, 4) is 0 Å². The van der Waals surface area contributed by atoms with Gasteiger partial charge in [0.1, 0.15) is 41.7 Å². The molecule has 0 saturated carbocycles. The number of imidazole rings is 4. The number of carbonyl (C=O) groups excluding carboxylic acids is 6. The lowest BCUT2D eigenvalue weighted by molar-refractivity contribution is -0.119. The van der Waals surface area contributed by atoms with Crippen LogP contribution in [0.15, 0.2) is 199 Å². The molecule has 49 heteroatoms. The van der Waals surface area contributed by atoms with Gasteiger partial charge >= 0.3 is 26.7 Å². The Kier molecular flexibility index (Phi) is 36.0. The number of anilines is 4. The van der Waals surface area contributed by atoms with Crippen LogP contribution in [0.5, 0.6) is 0 Å². The molecule has 776 valence electrons. The van der Waals surface area contributed by atoms with E-state index in [0.717, 1.165) is 6.42 Å². The van der Waals surface area contributed by atoms with Gasteiger partial charge in [-0.15, -0.1) is 23.5 Å². The first-order valence-electron chi connectivity index (χ1n) is 46.6. The Morgan fingerprint density at radius 3 is 1.23 bits per heavy atom. The number of aromatic amines is 2. The van der Waals surface area contributed by atoms with E-state index in [0.29, 0.717) is 17.5 Å². The molecule has 13 heterocycles. The maximum absolute atomic E-state index is 17.0. The van der Waals surface area contributed by atoms with Gasteiger partial charge in [0.15, 0.2) is 116 Å². The summed E-state index contributed by atoms with van der Waals surface area (Å²) in [6, 6.07) is 39.0. The van der Waals surface area contributed by atoms with E-state index in [2.05, 4.69) is 154 Å². The number of esters is 2. The number of aliphatic hydroxyl groups excluding tert-OH is 1. The molecule has 42 nitrogen and oxygen atoms in total. The Balaban J connectivity index is 0.000000193. The second-order valence-corrected chi connectivity index (χ2v) is 51.0. The number of carboxylic acid groups (broad SMARTS) is 1. The zero-order valence-electron chi connectivity index (χ0n) is 82.0. The SMILES string of the molecule is C.CC[C@H]1S[C@@H](n2cnc3c(=O)[nH]c(NC(=O)C(C)C)nc32)[C@H](OC(=O)O)[C@@H]1O[Si](C)(C)C(C)(C)C.CC[C@H]1S[C@@H](n2cnc3c(=O)[nH]c(NC(=O)C(C)C)nc32)[C@H](OP(O)OC[C@H]2O[C@@H](n3cnc4c(NC(=O)c5ccccc5)ncnc43)[C@@H](F)[C@@H]2OC(=O)c2ccccc2)[C@@H]1O[Si](C)(C)C(C)(C)C.O=C(Nc1ncnc2c1ncn2[C@@H]1O[C@H](CO)[C@@H](OC(=O)c2ccccc2)[C@@H]1F)c1ccccc1.c1ccncc1. The fraction of sp³-hybridized carbons (Fsp3) is 0.423. The number of fused-ring (bicyclic) bond motifs is 4. The topological polar surface area (TPSA) is 539 Å². The highest BCUT2D eigenvalue weighted by molar-refractivity contribution is 8.00. The van der Waals surface area contributed by atoms with Gasteiger partial charge in [-0.3, -0.25) is 72.6 Å². The van der Waals surface area contributed by atoms with Crippen molar-refractivity contribution in [3.63, 3.8) is 0 Å². The van der Waals surface area contributed by atoms with Crippen molar-refractivity contribution in [2.24, 2.45) is 11.8 Å². The van der Waals surface area contributed by atoms with Crippen LogP contribution in [0, 0.1) is 11.8 Å². The van der Waals surface area contributed by atoms with Crippen LogP contribution in [-0.4, -0.2) is 241 Å². The third-order valence-electron chi connectivity index (χ3n) is 25.2. The third kappa shape index (κ3) is 25.3. The van der Waals surface area contributed by atoms with Crippen LogP contribution in [0.4, 0.5) is 37.1 Å². The lowest BCUT2D eigenvalue weighted by atomic mass is 10.1. The average molecular weight is 2100 g/mol. The second-order valence-electron chi connectivity index (χ2n) is 37.8. The van der Waals surface area contributed by atoms with Crippen LogP contribution in [-0.2, 0) is 51.2 Å². The van der Waals surface area contributed by atoms with E-state index in [-0.39, 0.29) is 125 Å². The molecule has 9 aromatic heterocycles. The molecule has 146 heavy (non-hydrogen) atoms. The number of ether oxygens (including phenoxy) is 5. The molecule has 0 aliphatic carbocycles. The minimum atomic E-state index is -2.80. The van der Waals surface area contributed by atoms with Gasteiger partial charge in [0.05, 0.1) is 61.9 Å². The zero-order chi connectivity index (χ0) is 104. The Hall–Kier alpha value is -13.0. The summed E-state index contributed by atoms with van der Waals surface area (Å²) >= 11 is 3.02. The largest absolute Gasteiger partial charge is 0.506 e. The molecule has 4 saturated heterocycles. The number of rotatable bonds is 29. The summed E-state index contributed by atoms with van der Waals surface area (Å²) in [5.74, 6) is -3.58. The van der Waals surface area contributed by atoms with E-state index in [1.807, 2.05) is 32.0 Å². The van der Waals surface area contributed by atoms with Gasteiger partial charge in [-0.05, 0) is 110 Å². The van der Waals surface area contributed by atoms with Crippen LogP contribution < -0.4 is 32.4 Å². The van der Waals surface area contributed by atoms with E-state index in [9.17, 15) is 58.3 Å². The van der Waals surface area contributed by atoms with Gasteiger partial charge in [0, 0.05) is 45.9 Å². The number of thioether (sulfide) groups is 2. The van der Waals surface area contributed by atoms with E-state index in [1.165, 1.54) is 82.8 Å². The number of nitrogens with one attached hydrogen (secondary N) is 6. The van der Waals surface area contributed by atoms with Crippen LogP contribution in [0.25, 0.3) is 44.7 Å². The smallest absolute Gasteiger partial charge is 0.453 e. The number of aromatic nitrogens is 17. The standard InChI is InChI=1S/C45H54FN10O10PSSi.C24H20FN5O5.C22H35N5O6SSi.C5H5N.CH4/c1-9-28-33(66-69(7,8)45(4,5)6)34(42(68-28)56-23-50-31-37(56)52-44(54-40(31)59)53-38(57)24(2)3)65-67(61)62-20-27-32(64-43(60)26-18-14-11-15-19-26)29(46)41(63-27)55-22-49-30-35(47-21-48-36(30)55)51-39(58)25-16-12-10-13-17-25;25-17-19(35-24(33)15-9-5-2-6-10-15)16(11-31)34-23(17)30-13-28-18-20(26-12-27-21(18)30)29-22(32)14-7-3-1-4-8-14;1-9-12-14(33-35(7,8)22(4,5)6)15(32-21(30)31)19(34-12)27-10-23-13-16(27)24-20(26-18(13)29)25-17(28)11(2)3;1-2-4-6-5-3-1;/h10-19,21-24,27-29,32-34,41-42,61H,9,20H2,1-8H3,(H,47,48,51,58)(H2,52,53,54,57,59);1-10,12-13,16-17,19,23,31H,11H2,(H,26,27,29,32);10-12,14-15,19H,9H2,1-8H3,(H,30,31)(H2,24,25,26,28,29);1-5H;1H4/t27-,28-,29+,32-,33-,34-,41-,42-,67?;16-,17+,19-,23-;12-,14-,15-,19-;;/m111../s1. The van der Waals surface area contributed by atoms with E-state index >= 15 is 8.78 Å². The van der Waals surface area contributed by atoms with E-state index in [4.69, 9.17) is 41.6 Å². The monoisotopic (exact) mass is 2100 g/mol. The summed E-state index contributed by atoms with van der Waals surface area (Å²) in [6.07, 6.45) is -3.41. The van der Waals surface area contributed by atoms with Crippen LogP contribution in [0.2, 0.25) is 36.3 Å². The van der Waals surface area contributed by atoms with Gasteiger partial charge in [-0.25, -0.2) is 63.0 Å². The summed E-state index contributed by atoms with van der Waals surface area (Å²) in [4.78, 5) is 178. The Labute approximate surface area is 849 Å². The minimum absolute atomic E-state index is 0. The number of hydrogen-bond donors (Lipinski definition) is 9. The summed E-state index contributed by atoms with van der Waals surface area (Å²) in [5, 5.41) is 28.2. The summed E-state index contributed by atoms with van der Waals surface area (Å²) in [7, 11) is -7.58. The van der Waals surface area contributed by atoms with Gasteiger partial charge in [-0.1, -0.05) is 169 Å². The number of amides is 4. The van der Waals surface area contributed by atoms with E-state index in [1.54, 1.807) is 158 Å². The summed E-state index contributed by atoms with van der Waals surface area (Å²) in [6.45, 7) is 31.0. The number of halogens is 2. The molecule has 9 N–H and O–H groups in total. The molecule has 0 spiro atoms. The maximum Gasteiger partial charge on any atom is 0.506 e. The molecule has 4 aromatic carbocycles. The number of benzene rings is 4. The summed E-state index contributed by atoms with van der Waals surface area (Å²) < 4.78 is 93.2. The molecule has 4 fully saturated rings. The Morgan fingerprint density at radius 1 is 0.486 bits per heavy atom. The van der Waals surface area contributed by atoms with Gasteiger partial charge in [0.25, 0.3) is 22.9 Å². The number of H-pyrrole nitrogens is 2.